The number of hydrogen-bond donors (Lipinski definition) is 1. The van der Waals surface area contributed by atoms with Crippen LogP contribution in [-0.2, 0) is 6.42 Å². The SMILES string of the molecule is O=C(Nc1ccccn1)c1nc(Cc2cccnc2)n2ccccc12. The Bertz CT molecular complexity index is 1010. The average Bonchev–Trinajstić information content (AvgIpc) is 3.02. The van der Waals surface area contributed by atoms with Gasteiger partial charge in [0.2, 0.25) is 0 Å². The summed E-state index contributed by atoms with van der Waals surface area (Å²) in [5.41, 5.74) is 2.18. The van der Waals surface area contributed by atoms with Gasteiger partial charge in [0, 0.05) is 31.2 Å². The van der Waals surface area contributed by atoms with E-state index in [4.69, 9.17) is 0 Å². The highest BCUT2D eigenvalue weighted by atomic mass is 16.2. The molecule has 6 heteroatoms. The number of hydrogen-bond acceptors (Lipinski definition) is 4. The maximum absolute atomic E-state index is 12.7. The molecule has 4 heterocycles. The molecule has 4 aromatic rings. The van der Waals surface area contributed by atoms with Gasteiger partial charge in [-0.15, -0.1) is 0 Å². The Labute approximate surface area is 144 Å². The molecule has 0 radical (unpaired) electrons. The number of nitrogens with one attached hydrogen (secondary N) is 1. The van der Waals surface area contributed by atoms with Crippen molar-refractivity contribution in [3.8, 4) is 0 Å². The number of rotatable bonds is 4. The fourth-order valence-corrected chi connectivity index (χ4v) is 2.69. The number of nitrogens with zero attached hydrogens (tertiary/aromatic N) is 4. The summed E-state index contributed by atoms with van der Waals surface area (Å²) < 4.78 is 1.93. The Kier molecular flexibility index (Phi) is 3.92. The summed E-state index contributed by atoms with van der Waals surface area (Å²) in [5, 5.41) is 2.79. The molecule has 0 saturated heterocycles. The number of amides is 1. The largest absolute Gasteiger partial charge is 0.305 e. The molecule has 0 spiro atoms. The van der Waals surface area contributed by atoms with E-state index in [1.807, 2.05) is 47.0 Å². The van der Waals surface area contributed by atoms with E-state index in [1.165, 1.54) is 0 Å². The third-order valence-electron chi connectivity index (χ3n) is 3.83. The minimum absolute atomic E-state index is 0.278. The molecule has 0 aliphatic rings. The molecule has 0 aromatic carbocycles. The molecule has 0 atom stereocenters. The molecule has 0 aliphatic carbocycles. The van der Waals surface area contributed by atoms with Gasteiger partial charge in [-0.3, -0.25) is 9.78 Å². The van der Waals surface area contributed by atoms with Crippen LogP contribution in [-0.4, -0.2) is 25.3 Å². The summed E-state index contributed by atoms with van der Waals surface area (Å²) in [4.78, 5) is 25.5. The molecule has 4 aromatic heterocycles. The molecule has 1 amide bonds. The number of carbonyl (C=O) groups excluding carboxylic acids is 1. The number of fused-ring (bicyclic) bond motifs is 1. The molecule has 0 unspecified atom stereocenters. The lowest BCUT2D eigenvalue weighted by atomic mass is 10.2. The Balaban J connectivity index is 1.71. The molecule has 4 rings (SSSR count). The van der Waals surface area contributed by atoms with Crippen molar-refractivity contribution in [3.05, 3.63) is 90.4 Å². The standard InChI is InChI=1S/C19H15N5O/c25-19(22-16-8-1-3-10-21-16)18-15-7-2-4-11-24(15)17(23-18)12-14-6-5-9-20-13-14/h1-11,13H,12H2,(H,21,22,25). The summed E-state index contributed by atoms with van der Waals surface area (Å²) in [6, 6.07) is 14.9. The first-order valence-electron chi connectivity index (χ1n) is 7.88. The molecular weight excluding hydrogens is 314 g/mol. The Hall–Kier alpha value is -3.54. The molecule has 0 bridgehead atoms. The van der Waals surface area contributed by atoms with Gasteiger partial charge in [-0.05, 0) is 35.9 Å². The monoisotopic (exact) mass is 329 g/mol. The van der Waals surface area contributed by atoms with Crippen LogP contribution in [0.15, 0.2) is 73.3 Å². The molecule has 1 N–H and O–H groups in total. The number of anilines is 1. The Morgan fingerprint density at radius 1 is 1.04 bits per heavy atom. The number of aromatic nitrogens is 4. The number of imidazole rings is 1. The lowest BCUT2D eigenvalue weighted by Crippen LogP contribution is -2.13. The van der Waals surface area contributed by atoms with Crippen molar-refractivity contribution in [1.82, 2.24) is 19.4 Å². The fourth-order valence-electron chi connectivity index (χ4n) is 2.69. The van der Waals surface area contributed by atoms with Crippen molar-refractivity contribution in [2.75, 3.05) is 5.32 Å². The molecule has 0 aliphatic heterocycles. The second-order valence-electron chi connectivity index (χ2n) is 5.54. The van der Waals surface area contributed by atoms with Gasteiger partial charge >= 0.3 is 0 Å². The first kappa shape index (κ1) is 15.0. The summed E-state index contributed by atoms with van der Waals surface area (Å²) in [7, 11) is 0. The predicted molar refractivity (Wildman–Crippen MR) is 94.4 cm³/mol. The number of pyridine rings is 3. The van der Waals surface area contributed by atoms with Gasteiger partial charge in [0.05, 0.1) is 5.52 Å². The van der Waals surface area contributed by atoms with Crippen molar-refractivity contribution < 1.29 is 4.79 Å². The van der Waals surface area contributed by atoms with Crippen molar-refractivity contribution in [2.24, 2.45) is 0 Å². The van der Waals surface area contributed by atoms with Crippen molar-refractivity contribution in [1.29, 1.82) is 0 Å². The molecule has 25 heavy (non-hydrogen) atoms. The van der Waals surface area contributed by atoms with Gasteiger partial charge < -0.3 is 9.72 Å². The van der Waals surface area contributed by atoms with E-state index in [0.29, 0.717) is 17.9 Å². The van der Waals surface area contributed by atoms with Crippen LogP contribution >= 0.6 is 0 Å². The van der Waals surface area contributed by atoms with E-state index < -0.39 is 0 Å². The first-order chi connectivity index (χ1) is 12.3. The van der Waals surface area contributed by atoms with E-state index in [0.717, 1.165) is 16.9 Å². The highest BCUT2D eigenvalue weighted by Crippen LogP contribution is 2.17. The van der Waals surface area contributed by atoms with Gasteiger partial charge in [0.1, 0.15) is 11.6 Å². The average molecular weight is 329 g/mol. The summed E-state index contributed by atoms with van der Waals surface area (Å²) >= 11 is 0. The van der Waals surface area contributed by atoms with Gasteiger partial charge in [0.25, 0.3) is 5.91 Å². The van der Waals surface area contributed by atoms with Crippen molar-refractivity contribution in [2.45, 2.75) is 6.42 Å². The maximum atomic E-state index is 12.7. The Morgan fingerprint density at radius 3 is 2.76 bits per heavy atom. The van der Waals surface area contributed by atoms with Gasteiger partial charge in [-0.1, -0.05) is 18.2 Å². The second kappa shape index (κ2) is 6.52. The van der Waals surface area contributed by atoms with E-state index in [2.05, 4.69) is 20.3 Å². The maximum Gasteiger partial charge on any atom is 0.277 e. The third-order valence-corrected chi connectivity index (χ3v) is 3.83. The molecule has 6 nitrogen and oxygen atoms in total. The smallest absolute Gasteiger partial charge is 0.277 e. The quantitative estimate of drug-likeness (QED) is 0.625. The molecular formula is C19H15N5O. The number of carbonyl (C=O) groups is 1. The predicted octanol–water partition coefficient (Wildman–Crippen LogP) is 2.97. The van der Waals surface area contributed by atoms with Gasteiger partial charge in [-0.25, -0.2) is 9.97 Å². The van der Waals surface area contributed by atoms with Gasteiger partial charge in [-0.2, -0.15) is 0 Å². The van der Waals surface area contributed by atoms with Crippen LogP contribution in [0.3, 0.4) is 0 Å². The third kappa shape index (κ3) is 3.10. The first-order valence-corrected chi connectivity index (χ1v) is 7.88. The molecule has 0 saturated carbocycles. The second-order valence-corrected chi connectivity index (χ2v) is 5.54. The zero-order valence-electron chi connectivity index (χ0n) is 13.3. The van der Waals surface area contributed by atoms with Crippen LogP contribution in [0.4, 0.5) is 5.82 Å². The topological polar surface area (TPSA) is 72.2 Å². The van der Waals surface area contributed by atoms with Crippen LogP contribution in [0, 0.1) is 0 Å². The van der Waals surface area contributed by atoms with E-state index in [-0.39, 0.29) is 5.91 Å². The highest BCUT2D eigenvalue weighted by Gasteiger charge is 2.17. The molecule has 0 fully saturated rings. The normalized spacial score (nSPS) is 10.7. The summed E-state index contributed by atoms with van der Waals surface area (Å²) in [5.74, 6) is 1.01. The van der Waals surface area contributed by atoms with Crippen LogP contribution in [0.5, 0.6) is 0 Å². The van der Waals surface area contributed by atoms with Gasteiger partial charge in [0.15, 0.2) is 5.69 Å². The van der Waals surface area contributed by atoms with E-state index >= 15 is 0 Å². The molecule has 122 valence electrons. The van der Waals surface area contributed by atoms with Crippen LogP contribution in [0.25, 0.3) is 5.52 Å². The van der Waals surface area contributed by atoms with Crippen molar-refractivity contribution >= 4 is 17.2 Å². The summed E-state index contributed by atoms with van der Waals surface area (Å²) in [6.45, 7) is 0. The fraction of sp³-hybridized carbons (Fsp3) is 0.0526. The zero-order valence-corrected chi connectivity index (χ0v) is 13.3. The lowest BCUT2D eigenvalue weighted by Gasteiger charge is -2.02. The Morgan fingerprint density at radius 2 is 1.96 bits per heavy atom. The van der Waals surface area contributed by atoms with Crippen molar-refractivity contribution in [3.63, 3.8) is 0 Å². The van der Waals surface area contributed by atoms with E-state index in [9.17, 15) is 4.79 Å². The zero-order chi connectivity index (χ0) is 17.1. The van der Waals surface area contributed by atoms with E-state index in [1.54, 1.807) is 30.7 Å². The van der Waals surface area contributed by atoms with Crippen LogP contribution in [0.1, 0.15) is 21.9 Å². The lowest BCUT2D eigenvalue weighted by molar-refractivity contribution is 0.102. The van der Waals surface area contributed by atoms with Crippen LogP contribution < -0.4 is 5.32 Å². The minimum atomic E-state index is -0.278. The minimum Gasteiger partial charge on any atom is -0.305 e. The summed E-state index contributed by atoms with van der Waals surface area (Å²) in [6.07, 6.45) is 7.67. The van der Waals surface area contributed by atoms with Crippen LogP contribution in [0.2, 0.25) is 0 Å². The highest BCUT2D eigenvalue weighted by molar-refractivity contribution is 6.07.